The first-order chi connectivity index (χ1) is 7.66. The van der Waals surface area contributed by atoms with E-state index in [1.807, 2.05) is 24.4 Å². The summed E-state index contributed by atoms with van der Waals surface area (Å²) in [6.07, 6.45) is 0. The van der Waals surface area contributed by atoms with E-state index in [9.17, 15) is 4.79 Å². The zero-order chi connectivity index (χ0) is 11.5. The molecule has 0 aliphatic rings. The van der Waals surface area contributed by atoms with Crippen molar-refractivity contribution < 1.29 is 9.21 Å². The molecule has 1 N–H and O–H groups in total. The molecule has 0 bridgehead atoms. The minimum absolute atomic E-state index is 0.00336. The number of furan rings is 1. The van der Waals surface area contributed by atoms with E-state index in [1.54, 1.807) is 23.5 Å². The summed E-state index contributed by atoms with van der Waals surface area (Å²) in [5, 5.41) is 4.86. The average molecular weight is 300 g/mol. The molecule has 0 radical (unpaired) electrons. The van der Waals surface area contributed by atoms with Crippen molar-refractivity contribution in [1.29, 1.82) is 0 Å². The van der Waals surface area contributed by atoms with Crippen molar-refractivity contribution in [2.45, 2.75) is 13.0 Å². The molecule has 5 heteroatoms. The fourth-order valence-corrected chi connectivity index (χ4v) is 2.35. The third-order valence-electron chi connectivity index (χ3n) is 2.11. The molecule has 0 saturated carbocycles. The SMILES string of the molecule is C[C@@H](NC(=O)c1ccc(Br)o1)c1cccs1. The lowest BCUT2D eigenvalue weighted by Crippen LogP contribution is -2.25. The van der Waals surface area contributed by atoms with Gasteiger partial charge in [-0.05, 0) is 46.4 Å². The highest BCUT2D eigenvalue weighted by Crippen LogP contribution is 2.19. The Kier molecular flexibility index (Phi) is 3.46. The number of carbonyl (C=O) groups is 1. The van der Waals surface area contributed by atoms with E-state index in [0.717, 1.165) is 4.88 Å². The number of amides is 1. The fourth-order valence-electron chi connectivity index (χ4n) is 1.31. The van der Waals surface area contributed by atoms with Crippen LogP contribution >= 0.6 is 27.3 Å². The van der Waals surface area contributed by atoms with Crippen molar-refractivity contribution in [2.24, 2.45) is 0 Å². The largest absolute Gasteiger partial charge is 0.444 e. The molecule has 1 amide bonds. The summed E-state index contributed by atoms with van der Waals surface area (Å²) in [6.45, 7) is 1.95. The predicted molar refractivity (Wildman–Crippen MR) is 66.6 cm³/mol. The Labute approximate surface area is 106 Å². The van der Waals surface area contributed by atoms with Gasteiger partial charge < -0.3 is 9.73 Å². The van der Waals surface area contributed by atoms with E-state index >= 15 is 0 Å². The second-order valence-electron chi connectivity index (χ2n) is 3.31. The van der Waals surface area contributed by atoms with Gasteiger partial charge in [-0.3, -0.25) is 4.79 Å². The Morgan fingerprint density at radius 2 is 2.31 bits per heavy atom. The smallest absolute Gasteiger partial charge is 0.287 e. The van der Waals surface area contributed by atoms with Crippen molar-refractivity contribution in [1.82, 2.24) is 5.32 Å². The Balaban J connectivity index is 2.03. The van der Waals surface area contributed by atoms with Crippen LogP contribution in [0.3, 0.4) is 0 Å². The lowest BCUT2D eigenvalue weighted by molar-refractivity contribution is 0.0911. The van der Waals surface area contributed by atoms with Gasteiger partial charge in [0.15, 0.2) is 10.4 Å². The molecule has 0 unspecified atom stereocenters. The van der Waals surface area contributed by atoms with Gasteiger partial charge in [0, 0.05) is 4.88 Å². The summed E-state index contributed by atoms with van der Waals surface area (Å²) < 4.78 is 5.73. The first kappa shape index (κ1) is 11.4. The zero-order valence-electron chi connectivity index (χ0n) is 8.57. The number of nitrogens with one attached hydrogen (secondary N) is 1. The molecule has 3 nitrogen and oxygen atoms in total. The predicted octanol–water partition coefficient (Wildman–Crippen LogP) is 3.59. The minimum atomic E-state index is -0.202. The van der Waals surface area contributed by atoms with E-state index in [4.69, 9.17) is 4.42 Å². The highest BCUT2D eigenvalue weighted by molar-refractivity contribution is 9.10. The standard InChI is InChI=1S/C11H10BrNO2S/c1-7(9-3-2-6-16-9)13-11(14)8-4-5-10(12)15-8/h2-7H,1H3,(H,13,14)/t7-/m1/s1. The van der Waals surface area contributed by atoms with E-state index < -0.39 is 0 Å². The number of hydrogen-bond donors (Lipinski definition) is 1. The third-order valence-corrected chi connectivity index (χ3v) is 3.60. The highest BCUT2D eigenvalue weighted by Gasteiger charge is 2.14. The van der Waals surface area contributed by atoms with Crippen molar-refractivity contribution in [3.8, 4) is 0 Å². The summed E-state index contributed by atoms with van der Waals surface area (Å²) in [6, 6.07) is 7.29. The third kappa shape index (κ3) is 2.54. The van der Waals surface area contributed by atoms with Gasteiger partial charge in [0.05, 0.1) is 6.04 Å². The number of hydrogen-bond acceptors (Lipinski definition) is 3. The van der Waals surface area contributed by atoms with Crippen LogP contribution < -0.4 is 5.32 Å². The van der Waals surface area contributed by atoms with E-state index in [1.165, 1.54) is 0 Å². The molecule has 2 aromatic rings. The normalized spacial score (nSPS) is 12.4. The highest BCUT2D eigenvalue weighted by atomic mass is 79.9. The summed E-state index contributed by atoms with van der Waals surface area (Å²) in [5.74, 6) is 0.113. The van der Waals surface area contributed by atoms with Gasteiger partial charge in [0.25, 0.3) is 5.91 Å². The van der Waals surface area contributed by atoms with Crippen molar-refractivity contribution in [3.63, 3.8) is 0 Å². The lowest BCUT2D eigenvalue weighted by atomic mass is 10.2. The van der Waals surface area contributed by atoms with Crippen LogP contribution in [-0.2, 0) is 0 Å². The van der Waals surface area contributed by atoms with Crippen LogP contribution in [0.4, 0.5) is 0 Å². The van der Waals surface area contributed by atoms with E-state index in [2.05, 4.69) is 21.2 Å². The zero-order valence-corrected chi connectivity index (χ0v) is 11.0. The molecular formula is C11H10BrNO2S. The fraction of sp³-hybridized carbons (Fsp3) is 0.182. The summed E-state index contributed by atoms with van der Waals surface area (Å²) >= 11 is 4.78. The van der Waals surface area contributed by atoms with Gasteiger partial charge in [0.2, 0.25) is 0 Å². The summed E-state index contributed by atoms with van der Waals surface area (Å²) in [4.78, 5) is 12.9. The average Bonchev–Trinajstić information content (AvgIpc) is 2.87. The molecule has 0 fully saturated rings. The molecule has 2 aromatic heterocycles. The van der Waals surface area contributed by atoms with Gasteiger partial charge in [-0.25, -0.2) is 0 Å². The van der Waals surface area contributed by atoms with Crippen LogP contribution in [0.5, 0.6) is 0 Å². The molecule has 0 saturated heterocycles. The maximum atomic E-state index is 11.7. The summed E-state index contributed by atoms with van der Waals surface area (Å²) in [7, 11) is 0. The van der Waals surface area contributed by atoms with Crippen LogP contribution in [-0.4, -0.2) is 5.91 Å². The Morgan fingerprint density at radius 3 is 2.88 bits per heavy atom. The van der Waals surface area contributed by atoms with Crippen molar-refractivity contribution in [3.05, 3.63) is 45.0 Å². The lowest BCUT2D eigenvalue weighted by Gasteiger charge is -2.10. The molecule has 16 heavy (non-hydrogen) atoms. The van der Waals surface area contributed by atoms with Crippen LogP contribution in [0.15, 0.2) is 38.7 Å². The first-order valence-corrected chi connectivity index (χ1v) is 6.43. The van der Waals surface area contributed by atoms with Gasteiger partial charge in [-0.2, -0.15) is 0 Å². The van der Waals surface area contributed by atoms with Crippen molar-refractivity contribution >= 4 is 33.2 Å². The number of rotatable bonds is 3. The Morgan fingerprint density at radius 1 is 1.50 bits per heavy atom. The van der Waals surface area contributed by atoms with Crippen LogP contribution in [0.2, 0.25) is 0 Å². The monoisotopic (exact) mass is 299 g/mol. The van der Waals surface area contributed by atoms with E-state index in [0.29, 0.717) is 10.4 Å². The number of halogens is 1. The molecule has 0 aliphatic heterocycles. The van der Waals surface area contributed by atoms with Gasteiger partial charge in [-0.1, -0.05) is 6.07 Å². The topological polar surface area (TPSA) is 42.2 Å². The second kappa shape index (κ2) is 4.84. The second-order valence-corrected chi connectivity index (χ2v) is 5.08. The molecule has 84 valence electrons. The van der Waals surface area contributed by atoms with Crippen molar-refractivity contribution in [2.75, 3.05) is 0 Å². The van der Waals surface area contributed by atoms with Gasteiger partial charge >= 0.3 is 0 Å². The quantitative estimate of drug-likeness (QED) is 0.941. The molecule has 0 aliphatic carbocycles. The molecule has 2 rings (SSSR count). The van der Waals surface area contributed by atoms with E-state index in [-0.39, 0.29) is 11.9 Å². The van der Waals surface area contributed by atoms with Gasteiger partial charge in [-0.15, -0.1) is 11.3 Å². The maximum Gasteiger partial charge on any atom is 0.287 e. The number of thiophene rings is 1. The Bertz CT molecular complexity index is 478. The van der Waals surface area contributed by atoms with Crippen LogP contribution in [0.1, 0.15) is 28.4 Å². The van der Waals surface area contributed by atoms with Crippen LogP contribution in [0, 0.1) is 0 Å². The number of carbonyl (C=O) groups excluding carboxylic acids is 1. The summed E-state index contributed by atoms with van der Waals surface area (Å²) in [5.41, 5.74) is 0. The molecular weight excluding hydrogens is 290 g/mol. The Hall–Kier alpha value is -1.07. The minimum Gasteiger partial charge on any atom is -0.444 e. The van der Waals surface area contributed by atoms with Gasteiger partial charge in [0.1, 0.15) is 0 Å². The molecule has 1 atom stereocenters. The van der Waals surface area contributed by atoms with Crippen LogP contribution in [0.25, 0.3) is 0 Å². The molecule has 0 spiro atoms. The molecule has 0 aromatic carbocycles. The first-order valence-electron chi connectivity index (χ1n) is 4.76. The molecule has 2 heterocycles. The maximum absolute atomic E-state index is 11.7.